The summed E-state index contributed by atoms with van der Waals surface area (Å²) in [5, 5.41) is 3.56. The average molecular weight is 270 g/mol. The van der Waals surface area contributed by atoms with Crippen LogP contribution in [0.2, 0.25) is 0 Å². The molecule has 1 saturated heterocycles. The van der Waals surface area contributed by atoms with Gasteiger partial charge in [-0.15, -0.1) is 0 Å². The van der Waals surface area contributed by atoms with Gasteiger partial charge in [-0.05, 0) is 61.6 Å². The first-order valence-corrected chi connectivity index (χ1v) is 8.47. The van der Waals surface area contributed by atoms with E-state index in [0.717, 1.165) is 12.0 Å². The lowest BCUT2D eigenvalue weighted by molar-refractivity contribution is 0.226. The number of piperidine rings is 1. The molecule has 1 aliphatic carbocycles. The molecule has 0 unspecified atom stereocenters. The minimum atomic E-state index is 0.726. The standard InChI is InChI=1S/C18H26N2/c1-2-9-18(8-1)10-13-20(14-11-18)17-7-3-6-16-15(17)5-4-12-19-16/h3,6-7,19H,1-2,4-5,8-14H2. The molecule has 0 aromatic heterocycles. The number of rotatable bonds is 1. The third kappa shape index (κ3) is 2.10. The third-order valence-electron chi connectivity index (χ3n) is 5.90. The Bertz CT molecular complexity index is 478. The highest BCUT2D eigenvalue weighted by atomic mass is 15.1. The summed E-state index contributed by atoms with van der Waals surface area (Å²) >= 11 is 0. The molecular formula is C18H26N2. The van der Waals surface area contributed by atoms with Crippen LogP contribution in [0, 0.1) is 5.41 Å². The van der Waals surface area contributed by atoms with Crippen molar-refractivity contribution in [1.82, 2.24) is 0 Å². The van der Waals surface area contributed by atoms with Gasteiger partial charge in [0.2, 0.25) is 0 Å². The fourth-order valence-electron chi connectivity index (χ4n) is 4.63. The van der Waals surface area contributed by atoms with Crippen molar-refractivity contribution in [2.45, 2.75) is 51.4 Å². The van der Waals surface area contributed by atoms with Crippen molar-refractivity contribution in [3.05, 3.63) is 23.8 Å². The van der Waals surface area contributed by atoms with E-state index < -0.39 is 0 Å². The zero-order chi connectivity index (χ0) is 13.4. The van der Waals surface area contributed by atoms with Gasteiger partial charge in [-0.2, -0.15) is 0 Å². The largest absolute Gasteiger partial charge is 0.385 e. The fourth-order valence-corrected chi connectivity index (χ4v) is 4.63. The summed E-state index contributed by atoms with van der Waals surface area (Å²) in [6.45, 7) is 3.69. The molecule has 0 bridgehead atoms. The van der Waals surface area contributed by atoms with Crippen LogP contribution in [0.4, 0.5) is 11.4 Å². The minimum absolute atomic E-state index is 0.726. The second-order valence-corrected chi connectivity index (χ2v) is 7.03. The number of hydrogen-bond donors (Lipinski definition) is 1. The van der Waals surface area contributed by atoms with E-state index in [1.54, 1.807) is 5.56 Å². The normalized spacial score (nSPS) is 24.5. The summed E-state index contributed by atoms with van der Waals surface area (Å²) in [6, 6.07) is 6.82. The van der Waals surface area contributed by atoms with Gasteiger partial charge in [0, 0.05) is 31.0 Å². The molecule has 4 rings (SSSR count). The van der Waals surface area contributed by atoms with Crippen LogP contribution in [0.15, 0.2) is 18.2 Å². The van der Waals surface area contributed by atoms with Crippen LogP contribution in [0.25, 0.3) is 0 Å². The molecule has 0 amide bonds. The Hall–Kier alpha value is -1.18. The first-order chi connectivity index (χ1) is 9.86. The van der Waals surface area contributed by atoms with Crippen LogP contribution in [0.1, 0.15) is 50.5 Å². The molecule has 0 radical (unpaired) electrons. The summed E-state index contributed by atoms with van der Waals surface area (Å²) < 4.78 is 0. The monoisotopic (exact) mass is 270 g/mol. The van der Waals surface area contributed by atoms with Crippen LogP contribution in [-0.2, 0) is 6.42 Å². The zero-order valence-electron chi connectivity index (χ0n) is 12.5. The number of fused-ring (bicyclic) bond motifs is 1. The van der Waals surface area contributed by atoms with Gasteiger partial charge in [-0.3, -0.25) is 0 Å². The van der Waals surface area contributed by atoms with Crippen molar-refractivity contribution < 1.29 is 0 Å². The summed E-state index contributed by atoms with van der Waals surface area (Å²) in [4.78, 5) is 2.66. The lowest BCUT2D eigenvalue weighted by Crippen LogP contribution is -2.39. The first kappa shape index (κ1) is 12.6. The molecule has 1 N–H and O–H groups in total. The fraction of sp³-hybridized carbons (Fsp3) is 0.667. The number of benzene rings is 1. The lowest BCUT2D eigenvalue weighted by Gasteiger charge is -2.41. The van der Waals surface area contributed by atoms with Crippen molar-refractivity contribution in [2.75, 3.05) is 29.9 Å². The van der Waals surface area contributed by atoms with Gasteiger partial charge in [0.15, 0.2) is 0 Å². The smallest absolute Gasteiger partial charge is 0.0419 e. The predicted molar refractivity (Wildman–Crippen MR) is 85.6 cm³/mol. The zero-order valence-corrected chi connectivity index (χ0v) is 12.5. The van der Waals surface area contributed by atoms with E-state index in [0.29, 0.717) is 0 Å². The second-order valence-electron chi connectivity index (χ2n) is 7.03. The second kappa shape index (κ2) is 4.98. The molecule has 2 heterocycles. The molecular weight excluding hydrogens is 244 g/mol. The topological polar surface area (TPSA) is 15.3 Å². The van der Waals surface area contributed by atoms with Gasteiger partial charge >= 0.3 is 0 Å². The van der Waals surface area contributed by atoms with Gasteiger partial charge in [0.1, 0.15) is 0 Å². The van der Waals surface area contributed by atoms with Gasteiger partial charge in [-0.1, -0.05) is 18.9 Å². The molecule has 1 aromatic carbocycles. The van der Waals surface area contributed by atoms with Crippen LogP contribution in [0.5, 0.6) is 0 Å². The maximum Gasteiger partial charge on any atom is 0.0419 e. The highest BCUT2D eigenvalue weighted by Crippen LogP contribution is 2.47. The van der Waals surface area contributed by atoms with Crippen molar-refractivity contribution in [2.24, 2.45) is 5.41 Å². The molecule has 2 fully saturated rings. The number of nitrogens with zero attached hydrogens (tertiary/aromatic N) is 1. The van der Waals surface area contributed by atoms with Crippen molar-refractivity contribution in [1.29, 1.82) is 0 Å². The number of anilines is 2. The summed E-state index contributed by atoms with van der Waals surface area (Å²) in [5.74, 6) is 0. The summed E-state index contributed by atoms with van der Waals surface area (Å²) in [7, 11) is 0. The SMILES string of the molecule is c1cc2c(c(N3CCC4(CCCC4)CC3)c1)CCCN2. The molecule has 2 aliphatic heterocycles. The Balaban J connectivity index is 1.54. The Labute approximate surface area is 122 Å². The molecule has 1 spiro atoms. The Kier molecular flexibility index (Phi) is 3.13. The van der Waals surface area contributed by atoms with Crippen molar-refractivity contribution in [3.63, 3.8) is 0 Å². The number of hydrogen-bond acceptors (Lipinski definition) is 2. The molecule has 108 valence electrons. The van der Waals surface area contributed by atoms with E-state index in [-0.39, 0.29) is 0 Å². The Morgan fingerprint density at radius 3 is 2.55 bits per heavy atom. The average Bonchev–Trinajstić information content (AvgIpc) is 2.96. The summed E-state index contributed by atoms with van der Waals surface area (Å²) in [6.07, 6.45) is 11.3. The van der Waals surface area contributed by atoms with Crippen molar-refractivity contribution in [3.8, 4) is 0 Å². The van der Waals surface area contributed by atoms with E-state index in [4.69, 9.17) is 0 Å². The van der Waals surface area contributed by atoms with E-state index in [1.807, 2.05) is 0 Å². The van der Waals surface area contributed by atoms with E-state index in [2.05, 4.69) is 28.4 Å². The van der Waals surface area contributed by atoms with E-state index >= 15 is 0 Å². The summed E-state index contributed by atoms with van der Waals surface area (Å²) in [5.41, 5.74) is 5.20. The van der Waals surface area contributed by atoms with E-state index in [1.165, 1.54) is 75.8 Å². The molecule has 3 aliphatic rings. The van der Waals surface area contributed by atoms with Crippen molar-refractivity contribution >= 4 is 11.4 Å². The highest BCUT2D eigenvalue weighted by molar-refractivity contribution is 5.68. The molecule has 2 heteroatoms. The van der Waals surface area contributed by atoms with Gasteiger partial charge in [0.05, 0.1) is 0 Å². The molecule has 1 aromatic rings. The first-order valence-electron chi connectivity index (χ1n) is 8.47. The maximum atomic E-state index is 3.56. The highest BCUT2D eigenvalue weighted by Gasteiger charge is 2.37. The molecule has 1 saturated carbocycles. The van der Waals surface area contributed by atoms with E-state index in [9.17, 15) is 0 Å². The number of nitrogens with one attached hydrogen (secondary N) is 1. The maximum absolute atomic E-state index is 3.56. The Morgan fingerprint density at radius 1 is 0.950 bits per heavy atom. The minimum Gasteiger partial charge on any atom is -0.385 e. The quantitative estimate of drug-likeness (QED) is 0.822. The van der Waals surface area contributed by atoms with Gasteiger partial charge in [0.25, 0.3) is 0 Å². The van der Waals surface area contributed by atoms with Gasteiger partial charge < -0.3 is 10.2 Å². The molecule has 20 heavy (non-hydrogen) atoms. The molecule has 0 atom stereocenters. The third-order valence-corrected chi connectivity index (χ3v) is 5.90. The van der Waals surface area contributed by atoms with Crippen LogP contribution in [0.3, 0.4) is 0 Å². The van der Waals surface area contributed by atoms with Crippen LogP contribution in [-0.4, -0.2) is 19.6 Å². The lowest BCUT2D eigenvalue weighted by atomic mass is 9.77. The van der Waals surface area contributed by atoms with Gasteiger partial charge in [-0.25, -0.2) is 0 Å². The Morgan fingerprint density at radius 2 is 1.75 bits per heavy atom. The molecule has 2 nitrogen and oxygen atoms in total. The predicted octanol–water partition coefficient (Wildman–Crippen LogP) is 4.21. The van der Waals surface area contributed by atoms with Crippen LogP contribution >= 0.6 is 0 Å². The van der Waals surface area contributed by atoms with Crippen LogP contribution < -0.4 is 10.2 Å².